The number of hydrogen-bond donors (Lipinski definition) is 3. The van der Waals surface area contributed by atoms with Crippen molar-refractivity contribution >= 4 is 17.1 Å². The number of carbonyl (C=O) groups excluding carboxylic acids is 1. The third-order valence-corrected chi connectivity index (χ3v) is 4.58. The number of H-pyrrole nitrogens is 2. The average Bonchev–Trinajstić information content (AvgIpc) is 3.08. The molecular formula is C18H24N6O. The van der Waals surface area contributed by atoms with Crippen LogP contribution in [0.5, 0.6) is 0 Å². The molecule has 0 aliphatic heterocycles. The molecule has 2 aromatic heterocycles. The Hall–Kier alpha value is -2.83. The fraction of sp³-hybridized carbons (Fsp3) is 0.389. The zero-order valence-corrected chi connectivity index (χ0v) is 15.3. The summed E-state index contributed by atoms with van der Waals surface area (Å²) < 4.78 is 0. The molecule has 0 aliphatic carbocycles. The van der Waals surface area contributed by atoms with Gasteiger partial charge >= 0.3 is 6.03 Å². The van der Waals surface area contributed by atoms with Gasteiger partial charge in [-0.25, -0.2) is 9.78 Å². The maximum atomic E-state index is 12.3. The number of urea groups is 1. The van der Waals surface area contributed by atoms with Gasteiger partial charge in [0.1, 0.15) is 5.82 Å². The largest absolute Gasteiger partial charge is 0.340 e. The van der Waals surface area contributed by atoms with E-state index in [9.17, 15) is 4.79 Å². The van der Waals surface area contributed by atoms with Crippen molar-refractivity contribution in [1.29, 1.82) is 0 Å². The van der Waals surface area contributed by atoms with Gasteiger partial charge in [0.05, 0.1) is 23.3 Å². The van der Waals surface area contributed by atoms with Crippen molar-refractivity contribution in [3.63, 3.8) is 0 Å². The Balaban J connectivity index is 1.65. The lowest BCUT2D eigenvalue weighted by Crippen LogP contribution is -2.36. The molecule has 0 saturated carbocycles. The number of nitrogens with zero attached hydrogens (tertiary/aromatic N) is 3. The molecule has 0 radical (unpaired) electrons. The predicted octanol–water partition coefficient (Wildman–Crippen LogP) is 2.86. The number of rotatable bonds is 4. The van der Waals surface area contributed by atoms with Gasteiger partial charge in [0.15, 0.2) is 0 Å². The summed E-state index contributed by atoms with van der Waals surface area (Å²) in [5.74, 6) is 0.772. The highest BCUT2D eigenvalue weighted by Crippen LogP contribution is 2.18. The summed E-state index contributed by atoms with van der Waals surface area (Å²) in [6.07, 6.45) is 0. The van der Waals surface area contributed by atoms with Crippen LogP contribution in [0.25, 0.3) is 11.0 Å². The van der Waals surface area contributed by atoms with Crippen LogP contribution in [0, 0.1) is 27.7 Å². The van der Waals surface area contributed by atoms with E-state index in [-0.39, 0.29) is 6.03 Å². The summed E-state index contributed by atoms with van der Waals surface area (Å²) in [6.45, 7) is 8.89. The Labute approximate surface area is 146 Å². The molecule has 0 saturated heterocycles. The maximum Gasteiger partial charge on any atom is 0.317 e. The lowest BCUT2D eigenvalue weighted by Gasteiger charge is -2.16. The van der Waals surface area contributed by atoms with E-state index in [0.29, 0.717) is 13.1 Å². The van der Waals surface area contributed by atoms with Crippen molar-refractivity contribution in [3.8, 4) is 0 Å². The summed E-state index contributed by atoms with van der Waals surface area (Å²) >= 11 is 0. The molecule has 1 aromatic carbocycles. The zero-order valence-electron chi connectivity index (χ0n) is 15.3. The zero-order chi connectivity index (χ0) is 18.1. The normalized spacial score (nSPS) is 11.1. The molecular weight excluding hydrogens is 316 g/mol. The van der Waals surface area contributed by atoms with Crippen molar-refractivity contribution in [2.45, 2.75) is 40.8 Å². The average molecular weight is 340 g/mol. The van der Waals surface area contributed by atoms with Crippen LogP contribution in [0.1, 0.15) is 33.9 Å². The second-order valence-corrected chi connectivity index (χ2v) is 6.56. The van der Waals surface area contributed by atoms with Gasteiger partial charge in [-0.2, -0.15) is 5.10 Å². The van der Waals surface area contributed by atoms with Gasteiger partial charge in [0.25, 0.3) is 0 Å². The molecule has 0 bridgehead atoms. The fourth-order valence-corrected chi connectivity index (χ4v) is 2.83. The smallest absolute Gasteiger partial charge is 0.317 e. The van der Waals surface area contributed by atoms with Crippen LogP contribution in [0.4, 0.5) is 4.79 Å². The Kier molecular flexibility index (Phi) is 4.48. The Morgan fingerprint density at radius 2 is 1.92 bits per heavy atom. The molecule has 0 unspecified atom stereocenters. The van der Waals surface area contributed by atoms with Crippen molar-refractivity contribution in [2.24, 2.45) is 0 Å². The van der Waals surface area contributed by atoms with Gasteiger partial charge in [-0.3, -0.25) is 5.10 Å². The lowest BCUT2D eigenvalue weighted by molar-refractivity contribution is 0.205. The van der Waals surface area contributed by atoms with E-state index in [1.54, 1.807) is 11.9 Å². The highest BCUT2D eigenvalue weighted by Gasteiger charge is 2.14. The van der Waals surface area contributed by atoms with Gasteiger partial charge in [0, 0.05) is 24.8 Å². The number of carbonyl (C=O) groups is 1. The van der Waals surface area contributed by atoms with Crippen molar-refractivity contribution in [3.05, 3.63) is 46.0 Å². The molecule has 0 spiro atoms. The third kappa shape index (κ3) is 3.50. The van der Waals surface area contributed by atoms with E-state index in [0.717, 1.165) is 33.8 Å². The van der Waals surface area contributed by atoms with Gasteiger partial charge in [-0.05, 0) is 51.0 Å². The minimum absolute atomic E-state index is 0.146. The molecule has 7 nitrogen and oxygen atoms in total. The first-order valence-electron chi connectivity index (χ1n) is 8.30. The molecule has 7 heteroatoms. The maximum absolute atomic E-state index is 12.3. The van der Waals surface area contributed by atoms with Gasteiger partial charge in [-0.1, -0.05) is 0 Å². The highest BCUT2D eigenvalue weighted by atomic mass is 16.2. The minimum atomic E-state index is -0.146. The van der Waals surface area contributed by atoms with Crippen LogP contribution in [0.3, 0.4) is 0 Å². The van der Waals surface area contributed by atoms with Crippen molar-refractivity contribution < 1.29 is 4.79 Å². The quantitative estimate of drug-likeness (QED) is 0.682. The van der Waals surface area contributed by atoms with E-state index in [4.69, 9.17) is 0 Å². The SMILES string of the molecule is Cc1cc2nc(CN(C)C(=O)NCc3c(C)n[nH]c3C)[nH]c2cc1C. The van der Waals surface area contributed by atoms with Crippen LogP contribution in [-0.2, 0) is 13.1 Å². The number of aromatic amines is 2. The second kappa shape index (κ2) is 6.58. The summed E-state index contributed by atoms with van der Waals surface area (Å²) in [5.41, 5.74) is 7.26. The van der Waals surface area contributed by atoms with Crippen LogP contribution >= 0.6 is 0 Å². The van der Waals surface area contributed by atoms with Crippen LogP contribution in [0.15, 0.2) is 12.1 Å². The molecule has 3 N–H and O–H groups in total. The monoisotopic (exact) mass is 340 g/mol. The summed E-state index contributed by atoms with van der Waals surface area (Å²) in [7, 11) is 1.76. The van der Waals surface area contributed by atoms with Gasteiger partial charge in [-0.15, -0.1) is 0 Å². The van der Waals surface area contributed by atoms with E-state index in [1.807, 2.05) is 13.8 Å². The molecule has 2 heterocycles. The summed E-state index contributed by atoms with van der Waals surface area (Å²) in [6, 6.07) is 4.01. The topological polar surface area (TPSA) is 89.7 Å². The van der Waals surface area contributed by atoms with Gasteiger partial charge in [0.2, 0.25) is 0 Å². The molecule has 3 rings (SSSR count). The number of aryl methyl sites for hydroxylation is 4. The second-order valence-electron chi connectivity index (χ2n) is 6.56. The van der Waals surface area contributed by atoms with Crippen LogP contribution < -0.4 is 5.32 Å². The lowest BCUT2D eigenvalue weighted by atomic mass is 10.1. The van der Waals surface area contributed by atoms with E-state index >= 15 is 0 Å². The summed E-state index contributed by atoms with van der Waals surface area (Å²) in [5, 5.41) is 9.99. The third-order valence-electron chi connectivity index (χ3n) is 4.58. The first kappa shape index (κ1) is 17.0. The van der Waals surface area contributed by atoms with Crippen LogP contribution in [0.2, 0.25) is 0 Å². The molecule has 2 amide bonds. The number of hydrogen-bond acceptors (Lipinski definition) is 3. The standard InChI is InChI=1S/C18H24N6O/c1-10-6-15-16(7-11(10)2)21-17(20-15)9-24(5)18(25)19-8-14-12(3)22-23-13(14)4/h6-7H,8-9H2,1-5H3,(H,19,25)(H,20,21)(H,22,23). The van der Waals surface area contributed by atoms with Crippen molar-refractivity contribution in [2.75, 3.05) is 7.05 Å². The van der Waals surface area contributed by atoms with E-state index in [1.165, 1.54) is 11.1 Å². The highest BCUT2D eigenvalue weighted by molar-refractivity contribution is 5.77. The number of benzene rings is 1. The number of aromatic nitrogens is 4. The molecule has 3 aromatic rings. The molecule has 132 valence electrons. The number of fused-ring (bicyclic) bond motifs is 1. The minimum Gasteiger partial charge on any atom is -0.340 e. The molecule has 25 heavy (non-hydrogen) atoms. The first-order valence-corrected chi connectivity index (χ1v) is 8.30. The summed E-state index contributed by atoms with van der Waals surface area (Å²) in [4.78, 5) is 21.8. The molecule has 0 aliphatic rings. The predicted molar refractivity (Wildman–Crippen MR) is 97.3 cm³/mol. The molecule has 0 atom stereocenters. The van der Waals surface area contributed by atoms with Crippen LogP contribution in [-0.4, -0.2) is 38.1 Å². The number of nitrogens with one attached hydrogen (secondary N) is 3. The number of imidazole rings is 1. The van der Waals surface area contributed by atoms with E-state index < -0.39 is 0 Å². The fourth-order valence-electron chi connectivity index (χ4n) is 2.83. The Morgan fingerprint density at radius 1 is 1.20 bits per heavy atom. The van der Waals surface area contributed by atoms with E-state index in [2.05, 4.69) is 51.5 Å². The first-order chi connectivity index (χ1) is 11.8. The van der Waals surface area contributed by atoms with Crippen molar-refractivity contribution in [1.82, 2.24) is 30.4 Å². The number of amides is 2. The Morgan fingerprint density at radius 3 is 2.60 bits per heavy atom. The molecule has 0 fully saturated rings. The Bertz CT molecular complexity index is 865. The van der Waals surface area contributed by atoms with Gasteiger partial charge < -0.3 is 15.2 Å².